The molecule has 3 rings (SSSR count). The van der Waals surface area contributed by atoms with Gasteiger partial charge in [-0.2, -0.15) is 0 Å². The first-order valence-corrected chi connectivity index (χ1v) is 5.44. The number of para-hydroxylation sites is 1. The van der Waals surface area contributed by atoms with Gasteiger partial charge in [-0.05, 0) is 12.1 Å². The second kappa shape index (κ2) is 3.73. The van der Waals surface area contributed by atoms with Crippen molar-refractivity contribution >= 4 is 29.0 Å². The second-order valence-corrected chi connectivity index (χ2v) is 4.04. The van der Waals surface area contributed by atoms with E-state index >= 15 is 0 Å². The number of benzene rings is 1. The van der Waals surface area contributed by atoms with E-state index < -0.39 is 6.03 Å². The van der Waals surface area contributed by atoms with Gasteiger partial charge in [0.2, 0.25) is 0 Å². The predicted molar refractivity (Wildman–Crippen MR) is 65.5 cm³/mol. The number of nitrogens with one attached hydrogen (secondary N) is 1. The Morgan fingerprint density at radius 2 is 2.11 bits per heavy atom. The Morgan fingerprint density at radius 3 is 2.83 bits per heavy atom. The lowest BCUT2D eigenvalue weighted by Crippen LogP contribution is -2.25. The lowest BCUT2D eigenvalue weighted by atomic mass is 10.1. The number of nitrogens with zero attached hydrogens (tertiary/aromatic N) is 1. The summed E-state index contributed by atoms with van der Waals surface area (Å²) in [5, 5.41) is 3.47. The van der Waals surface area contributed by atoms with Crippen LogP contribution < -0.4 is 5.32 Å². The SMILES string of the molecule is CN1C(=O)N/C(=C\c2cccc3ccoc23)C1=O. The number of amides is 3. The van der Waals surface area contributed by atoms with Crippen molar-refractivity contribution in [3.63, 3.8) is 0 Å². The van der Waals surface area contributed by atoms with Gasteiger partial charge in [-0.15, -0.1) is 0 Å². The largest absolute Gasteiger partial charge is 0.464 e. The van der Waals surface area contributed by atoms with Crippen molar-refractivity contribution in [2.45, 2.75) is 0 Å². The van der Waals surface area contributed by atoms with Crippen LogP contribution in [0.4, 0.5) is 4.79 Å². The molecule has 5 nitrogen and oxygen atoms in total. The summed E-state index contributed by atoms with van der Waals surface area (Å²) in [6, 6.07) is 7.05. The van der Waals surface area contributed by atoms with Crippen LogP contribution in [0.25, 0.3) is 17.0 Å². The number of furan rings is 1. The van der Waals surface area contributed by atoms with E-state index in [1.54, 1.807) is 12.3 Å². The molecule has 0 radical (unpaired) electrons. The van der Waals surface area contributed by atoms with Crippen LogP contribution in [0.1, 0.15) is 5.56 Å². The molecule has 18 heavy (non-hydrogen) atoms. The molecule has 0 atom stereocenters. The van der Waals surface area contributed by atoms with Crippen molar-refractivity contribution in [3.05, 3.63) is 41.8 Å². The first kappa shape index (κ1) is 10.6. The van der Waals surface area contributed by atoms with Gasteiger partial charge in [0.25, 0.3) is 5.91 Å². The Bertz CT molecular complexity index is 684. The van der Waals surface area contributed by atoms with Crippen molar-refractivity contribution in [3.8, 4) is 0 Å². The van der Waals surface area contributed by atoms with Gasteiger partial charge in [-0.1, -0.05) is 18.2 Å². The van der Waals surface area contributed by atoms with E-state index in [1.165, 1.54) is 7.05 Å². The van der Waals surface area contributed by atoms with Gasteiger partial charge in [0.05, 0.1) is 6.26 Å². The summed E-state index contributed by atoms with van der Waals surface area (Å²) < 4.78 is 5.37. The maximum atomic E-state index is 11.7. The minimum absolute atomic E-state index is 0.256. The van der Waals surface area contributed by atoms with Crippen LogP contribution in [0.2, 0.25) is 0 Å². The minimum Gasteiger partial charge on any atom is -0.464 e. The normalized spacial score (nSPS) is 17.8. The van der Waals surface area contributed by atoms with Crippen LogP contribution in [-0.4, -0.2) is 23.9 Å². The van der Waals surface area contributed by atoms with Gasteiger partial charge in [0.1, 0.15) is 11.3 Å². The maximum Gasteiger partial charge on any atom is 0.328 e. The molecule has 3 amide bonds. The molecule has 1 aromatic heterocycles. The monoisotopic (exact) mass is 242 g/mol. The van der Waals surface area contributed by atoms with E-state index in [1.807, 2.05) is 24.3 Å². The molecule has 2 heterocycles. The Labute approximate surface area is 103 Å². The first-order chi connectivity index (χ1) is 8.66. The fraction of sp³-hybridized carbons (Fsp3) is 0.0769. The van der Waals surface area contributed by atoms with Crippen molar-refractivity contribution < 1.29 is 14.0 Å². The zero-order chi connectivity index (χ0) is 12.7. The molecule has 1 aromatic carbocycles. The maximum absolute atomic E-state index is 11.7. The zero-order valence-corrected chi connectivity index (χ0v) is 9.64. The quantitative estimate of drug-likeness (QED) is 0.614. The van der Waals surface area contributed by atoms with Crippen LogP contribution >= 0.6 is 0 Å². The van der Waals surface area contributed by atoms with Crippen molar-refractivity contribution in [2.75, 3.05) is 7.05 Å². The summed E-state index contributed by atoms with van der Waals surface area (Å²) in [5.41, 5.74) is 1.71. The van der Waals surface area contributed by atoms with Gasteiger partial charge in [-0.3, -0.25) is 9.69 Å². The van der Waals surface area contributed by atoms with Crippen molar-refractivity contribution in [2.24, 2.45) is 0 Å². The topological polar surface area (TPSA) is 62.6 Å². The number of carbonyl (C=O) groups is 2. The molecule has 0 aliphatic carbocycles. The molecule has 1 aliphatic rings. The van der Waals surface area contributed by atoms with E-state index in [0.717, 1.165) is 15.8 Å². The first-order valence-electron chi connectivity index (χ1n) is 5.44. The number of urea groups is 1. The molecular formula is C13H10N2O3. The number of hydrogen-bond donors (Lipinski definition) is 1. The Balaban J connectivity index is 2.09. The van der Waals surface area contributed by atoms with Crippen LogP contribution in [0.5, 0.6) is 0 Å². The summed E-state index contributed by atoms with van der Waals surface area (Å²) in [6.45, 7) is 0. The highest BCUT2D eigenvalue weighted by atomic mass is 16.3. The lowest BCUT2D eigenvalue weighted by Gasteiger charge is -2.00. The number of rotatable bonds is 1. The highest BCUT2D eigenvalue weighted by molar-refractivity contribution is 6.14. The zero-order valence-electron chi connectivity index (χ0n) is 9.64. The molecule has 1 saturated heterocycles. The third-order valence-corrected chi connectivity index (χ3v) is 2.89. The van der Waals surface area contributed by atoms with E-state index in [4.69, 9.17) is 4.42 Å². The van der Waals surface area contributed by atoms with Gasteiger partial charge >= 0.3 is 6.03 Å². The molecule has 2 aromatic rings. The van der Waals surface area contributed by atoms with E-state index in [2.05, 4.69) is 5.32 Å². The Kier molecular flexibility index (Phi) is 2.19. The highest BCUT2D eigenvalue weighted by Gasteiger charge is 2.30. The van der Waals surface area contributed by atoms with Crippen LogP contribution in [-0.2, 0) is 4.79 Å². The third-order valence-electron chi connectivity index (χ3n) is 2.89. The van der Waals surface area contributed by atoms with Crippen LogP contribution in [0.15, 0.2) is 40.6 Å². The second-order valence-electron chi connectivity index (χ2n) is 4.04. The summed E-state index contributed by atoms with van der Waals surface area (Å²) in [7, 11) is 1.44. The summed E-state index contributed by atoms with van der Waals surface area (Å²) >= 11 is 0. The number of hydrogen-bond acceptors (Lipinski definition) is 3. The number of likely N-dealkylation sites (N-methyl/N-ethyl adjacent to an activating group) is 1. The van der Waals surface area contributed by atoms with Gasteiger partial charge in [0.15, 0.2) is 0 Å². The van der Waals surface area contributed by atoms with E-state index in [0.29, 0.717) is 5.58 Å². The fourth-order valence-corrected chi connectivity index (χ4v) is 1.91. The number of carbonyl (C=O) groups excluding carboxylic acids is 2. The molecule has 0 bridgehead atoms. The predicted octanol–water partition coefficient (Wildman–Crippen LogP) is 1.96. The number of fused-ring (bicyclic) bond motifs is 1. The van der Waals surface area contributed by atoms with Crippen molar-refractivity contribution in [1.82, 2.24) is 10.2 Å². The van der Waals surface area contributed by atoms with Crippen LogP contribution in [0, 0.1) is 0 Å². The molecular weight excluding hydrogens is 232 g/mol. The average Bonchev–Trinajstić information content (AvgIpc) is 2.92. The summed E-state index contributed by atoms with van der Waals surface area (Å²) in [4.78, 5) is 24.1. The standard InChI is InChI=1S/C13H10N2O3/c1-15-12(16)10(14-13(15)17)7-9-4-2-3-8-5-6-18-11(8)9/h2-7H,1H3,(H,14,17)/b10-7-. The summed E-state index contributed by atoms with van der Waals surface area (Å²) in [6.07, 6.45) is 3.21. The molecule has 1 fully saturated rings. The lowest BCUT2D eigenvalue weighted by molar-refractivity contribution is -0.121. The third kappa shape index (κ3) is 1.48. The number of imide groups is 1. The molecule has 0 saturated carbocycles. The molecule has 0 unspecified atom stereocenters. The van der Waals surface area contributed by atoms with Crippen molar-refractivity contribution in [1.29, 1.82) is 0 Å². The van der Waals surface area contributed by atoms with E-state index in [9.17, 15) is 9.59 Å². The van der Waals surface area contributed by atoms with Gasteiger partial charge in [-0.25, -0.2) is 4.79 Å². The minimum atomic E-state index is -0.419. The molecule has 5 heteroatoms. The van der Waals surface area contributed by atoms with Crippen LogP contribution in [0.3, 0.4) is 0 Å². The van der Waals surface area contributed by atoms with E-state index in [-0.39, 0.29) is 11.6 Å². The molecule has 1 N–H and O–H groups in total. The van der Waals surface area contributed by atoms with Gasteiger partial charge in [0, 0.05) is 18.0 Å². The smallest absolute Gasteiger partial charge is 0.328 e. The highest BCUT2D eigenvalue weighted by Crippen LogP contribution is 2.22. The molecule has 90 valence electrons. The molecule has 0 spiro atoms. The summed E-state index contributed by atoms with van der Waals surface area (Å²) in [5.74, 6) is -0.344. The van der Waals surface area contributed by atoms with Gasteiger partial charge < -0.3 is 9.73 Å². The molecule has 1 aliphatic heterocycles. The Hall–Kier alpha value is -2.56. The average molecular weight is 242 g/mol. The fourth-order valence-electron chi connectivity index (χ4n) is 1.91. The Morgan fingerprint density at radius 1 is 1.28 bits per heavy atom.